The maximum Gasteiger partial charge on any atom is 0.251 e. The van der Waals surface area contributed by atoms with Gasteiger partial charge in [0, 0.05) is 30.0 Å². The van der Waals surface area contributed by atoms with Gasteiger partial charge in [0.2, 0.25) is 0 Å². The average Bonchev–Trinajstić information content (AvgIpc) is 2.43. The van der Waals surface area contributed by atoms with Crippen LogP contribution in [-0.4, -0.2) is 19.0 Å². The van der Waals surface area contributed by atoms with Crippen LogP contribution >= 0.6 is 0 Å². The molecular formula is C16H19N3O. The van der Waals surface area contributed by atoms with Crippen LogP contribution in [0.2, 0.25) is 0 Å². The fourth-order valence-corrected chi connectivity index (χ4v) is 1.92. The van der Waals surface area contributed by atoms with Gasteiger partial charge in [-0.1, -0.05) is 23.8 Å². The normalized spacial score (nSPS) is 10.1. The van der Waals surface area contributed by atoms with Gasteiger partial charge in [-0.3, -0.25) is 4.79 Å². The molecule has 0 spiro atoms. The molecule has 20 heavy (non-hydrogen) atoms. The number of anilines is 2. The van der Waals surface area contributed by atoms with E-state index in [-0.39, 0.29) is 5.91 Å². The lowest BCUT2D eigenvalue weighted by Gasteiger charge is -2.09. The largest absolute Gasteiger partial charge is 0.399 e. The number of nitrogens with two attached hydrogens (primary N) is 1. The van der Waals surface area contributed by atoms with Crippen molar-refractivity contribution in [1.29, 1.82) is 0 Å². The smallest absolute Gasteiger partial charge is 0.251 e. The topological polar surface area (TPSA) is 67.2 Å². The number of amides is 1. The Morgan fingerprint density at radius 1 is 1.10 bits per heavy atom. The first-order valence-electron chi connectivity index (χ1n) is 6.59. The Hall–Kier alpha value is -2.49. The number of carbonyl (C=O) groups is 1. The molecule has 0 bridgehead atoms. The van der Waals surface area contributed by atoms with Crippen LogP contribution in [0.5, 0.6) is 0 Å². The van der Waals surface area contributed by atoms with E-state index in [1.807, 2.05) is 55.5 Å². The van der Waals surface area contributed by atoms with Gasteiger partial charge in [-0.2, -0.15) is 0 Å². The zero-order valence-electron chi connectivity index (χ0n) is 11.5. The molecule has 0 aromatic heterocycles. The second kappa shape index (κ2) is 6.61. The van der Waals surface area contributed by atoms with E-state index in [0.29, 0.717) is 18.7 Å². The fraction of sp³-hybridized carbons (Fsp3) is 0.188. The van der Waals surface area contributed by atoms with Crippen LogP contribution in [0.4, 0.5) is 11.4 Å². The Bertz CT molecular complexity index is 596. The minimum atomic E-state index is -0.0527. The van der Waals surface area contributed by atoms with Crippen LogP contribution in [0, 0.1) is 6.92 Å². The maximum absolute atomic E-state index is 11.9. The minimum absolute atomic E-state index is 0.0527. The van der Waals surface area contributed by atoms with E-state index >= 15 is 0 Å². The van der Waals surface area contributed by atoms with Crippen LogP contribution in [0.1, 0.15) is 15.9 Å². The summed E-state index contributed by atoms with van der Waals surface area (Å²) < 4.78 is 0. The lowest BCUT2D eigenvalue weighted by atomic mass is 10.1. The summed E-state index contributed by atoms with van der Waals surface area (Å²) in [5, 5.41) is 6.09. The third-order valence-corrected chi connectivity index (χ3v) is 2.91. The lowest BCUT2D eigenvalue weighted by Crippen LogP contribution is -2.28. The Balaban J connectivity index is 1.77. The molecule has 1 amide bonds. The molecule has 0 saturated heterocycles. The molecule has 2 rings (SSSR count). The summed E-state index contributed by atoms with van der Waals surface area (Å²) in [4.78, 5) is 11.9. The van der Waals surface area contributed by atoms with Crippen molar-refractivity contribution in [2.24, 2.45) is 0 Å². The number of benzene rings is 2. The van der Waals surface area contributed by atoms with Gasteiger partial charge in [0.15, 0.2) is 0 Å². The van der Waals surface area contributed by atoms with Crippen LogP contribution in [-0.2, 0) is 0 Å². The molecule has 0 aliphatic carbocycles. The van der Waals surface area contributed by atoms with Gasteiger partial charge in [0.05, 0.1) is 0 Å². The highest BCUT2D eigenvalue weighted by Crippen LogP contribution is 2.10. The number of hydrogen-bond acceptors (Lipinski definition) is 3. The van der Waals surface area contributed by atoms with Gasteiger partial charge < -0.3 is 16.4 Å². The third kappa shape index (κ3) is 4.02. The van der Waals surface area contributed by atoms with E-state index in [1.165, 1.54) is 0 Å². The number of carbonyl (C=O) groups excluding carboxylic acids is 1. The molecule has 0 aliphatic rings. The molecule has 0 radical (unpaired) electrons. The van der Waals surface area contributed by atoms with E-state index in [1.54, 1.807) is 0 Å². The summed E-state index contributed by atoms with van der Waals surface area (Å²) >= 11 is 0. The van der Waals surface area contributed by atoms with Gasteiger partial charge >= 0.3 is 0 Å². The summed E-state index contributed by atoms with van der Waals surface area (Å²) in [6, 6.07) is 15.1. The second-order valence-corrected chi connectivity index (χ2v) is 4.68. The molecule has 0 heterocycles. The molecule has 0 saturated carbocycles. The van der Waals surface area contributed by atoms with Crippen LogP contribution in [0.15, 0.2) is 48.5 Å². The summed E-state index contributed by atoms with van der Waals surface area (Å²) in [5.74, 6) is -0.0527. The number of hydrogen-bond donors (Lipinski definition) is 3. The predicted molar refractivity (Wildman–Crippen MR) is 82.9 cm³/mol. The Kier molecular flexibility index (Phi) is 4.60. The van der Waals surface area contributed by atoms with Crippen LogP contribution in [0.25, 0.3) is 0 Å². The number of nitrogen functional groups attached to an aromatic ring is 1. The lowest BCUT2D eigenvalue weighted by molar-refractivity contribution is 0.0955. The van der Waals surface area contributed by atoms with Crippen molar-refractivity contribution in [3.8, 4) is 0 Å². The van der Waals surface area contributed by atoms with Gasteiger partial charge in [0.1, 0.15) is 0 Å². The number of rotatable bonds is 5. The highest BCUT2D eigenvalue weighted by atomic mass is 16.1. The Morgan fingerprint density at radius 3 is 2.65 bits per heavy atom. The summed E-state index contributed by atoms with van der Waals surface area (Å²) in [5.41, 5.74) is 9.13. The number of nitrogens with one attached hydrogen (secondary N) is 2. The van der Waals surface area contributed by atoms with Gasteiger partial charge in [-0.15, -0.1) is 0 Å². The van der Waals surface area contributed by atoms with Crippen molar-refractivity contribution in [2.75, 3.05) is 24.1 Å². The highest BCUT2D eigenvalue weighted by Gasteiger charge is 2.03. The first-order valence-corrected chi connectivity index (χ1v) is 6.59. The zero-order chi connectivity index (χ0) is 14.4. The molecular weight excluding hydrogens is 250 g/mol. The standard InChI is InChI=1S/C16H19N3O/c1-12-4-2-5-13(10-12)16(20)19-9-8-18-15-7-3-6-14(17)11-15/h2-7,10-11,18H,8-9,17H2,1H3,(H,19,20). The van der Waals surface area contributed by atoms with E-state index in [9.17, 15) is 4.79 Å². The van der Waals surface area contributed by atoms with Crippen molar-refractivity contribution in [3.05, 3.63) is 59.7 Å². The molecule has 0 unspecified atom stereocenters. The second-order valence-electron chi connectivity index (χ2n) is 4.68. The van der Waals surface area contributed by atoms with Gasteiger partial charge in [-0.05, 0) is 37.3 Å². The molecule has 2 aromatic rings. The van der Waals surface area contributed by atoms with E-state index in [2.05, 4.69) is 10.6 Å². The predicted octanol–water partition coefficient (Wildman–Crippen LogP) is 2.42. The van der Waals surface area contributed by atoms with Crippen molar-refractivity contribution < 1.29 is 4.79 Å². The van der Waals surface area contributed by atoms with Crippen molar-refractivity contribution in [2.45, 2.75) is 6.92 Å². The molecule has 4 nitrogen and oxygen atoms in total. The SMILES string of the molecule is Cc1cccc(C(=O)NCCNc2cccc(N)c2)c1. The molecule has 4 N–H and O–H groups in total. The molecule has 0 atom stereocenters. The van der Waals surface area contributed by atoms with Crippen molar-refractivity contribution >= 4 is 17.3 Å². The minimum Gasteiger partial charge on any atom is -0.399 e. The first kappa shape index (κ1) is 13.9. The van der Waals surface area contributed by atoms with Crippen molar-refractivity contribution in [1.82, 2.24) is 5.32 Å². The van der Waals surface area contributed by atoms with E-state index in [4.69, 9.17) is 5.73 Å². The molecule has 4 heteroatoms. The maximum atomic E-state index is 11.9. The first-order chi connectivity index (χ1) is 9.65. The summed E-state index contributed by atoms with van der Waals surface area (Å²) in [6.45, 7) is 3.18. The molecule has 2 aromatic carbocycles. The Morgan fingerprint density at radius 2 is 1.90 bits per heavy atom. The monoisotopic (exact) mass is 269 g/mol. The van der Waals surface area contributed by atoms with Crippen LogP contribution in [0.3, 0.4) is 0 Å². The van der Waals surface area contributed by atoms with E-state index < -0.39 is 0 Å². The van der Waals surface area contributed by atoms with Crippen molar-refractivity contribution in [3.63, 3.8) is 0 Å². The molecule has 104 valence electrons. The number of aryl methyl sites for hydroxylation is 1. The average molecular weight is 269 g/mol. The quantitative estimate of drug-likeness (QED) is 0.577. The highest BCUT2D eigenvalue weighted by molar-refractivity contribution is 5.94. The zero-order valence-corrected chi connectivity index (χ0v) is 11.5. The van der Waals surface area contributed by atoms with E-state index in [0.717, 1.165) is 16.9 Å². The van der Waals surface area contributed by atoms with Gasteiger partial charge in [0.25, 0.3) is 5.91 Å². The summed E-state index contributed by atoms with van der Waals surface area (Å²) in [6.07, 6.45) is 0. The third-order valence-electron chi connectivity index (χ3n) is 2.91. The molecule has 0 fully saturated rings. The fourth-order valence-electron chi connectivity index (χ4n) is 1.92. The molecule has 0 aliphatic heterocycles. The van der Waals surface area contributed by atoms with Crippen LogP contribution < -0.4 is 16.4 Å². The Labute approximate surface area is 119 Å². The summed E-state index contributed by atoms with van der Waals surface area (Å²) in [7, 11) is 0. The van der Waals surface area contributed by atoms with Gasteiger partial charge in [-0.25, -0.2) is 0 Å².